The fraction of sp³-hybridized carbons (Fsp3) is 0.500. The van der Waals surface area contributed by atoms with Crippen molar-refractivity contribution >= 4 is 5.91 Å². The van der Waals surface area contributed by atoms with E-state index in [9.17, 15) is 9.18 Å². The number of benzene rings is 1. The molecule has 1 fully saturated rings. The number of amides is 1. The summed E-state index contributed by atoms with van der Waals surface area (Å²) in [4.78, 5) is 13.5. The van der Waals surface area contributed by atoms with Crippen LogP contribution in [-0.4, -0.2) is 36.5 Å². The monoisotopic (exact) mass is 265 g/mol. The van der Waals surface area contributed by atoms with E-state index in [1.807, 2.05) is 17.9 Å². The van der Waals surface area contributed by atoms with Crippen LogP contribution < -0.4 is 11.1 Å². The first-order valence-electron chi connectivity index (χ1n) is 6.63. The average Bonchev–Trinajstić information content (AvgIpc) is 2.39. The van der Waals surface area contributed by atoms with Crippen molar-refractivity contribution in [3.63, 3.8) is 0 Å². The number of nitrogens with two attached hydrogens (primary N) is 1. The summed E-state index contributed by atoms with van der Waals surface area (Å²) < 4.78 is 13.4. The molecule has 2 unspecified atom stereocenters. The van der Waals surface area contributed by atoms with Gasteiger partial charge in [0.2, 0.25) is 5.91 Å². The number of hydrogen-bond acceptors (Lipinski definition) is 3. The van der Waals surface area contributed by atoms with Crippen molar-refractivity contribution in [3.05, 3.63) is 35.6 Å². The SMILES string of the molecule is CCC(N)C(c1cccc(F)c1)N1CCNC(=O)C1. The Hall–Kier alpha value is -1.46. The van der Waals surface area contributed by atoms with Crippen molar-refractivity contribution in [3.8, 4) is 0 Å². The van der Waals surface area contributed by atoms with Gasteiger partial charge in [-0.1, -0.05) is 19.1 Å². The molecule has 1 amide bonds. The van der Waals surface area contributed by atoms with Gasteiger partial charge in [-0.2, -0.15) is 0 Å². The minimum absolute atomic E-state index is 0.00374. The number of carbonyl (C=O) groups is 1. The molecular formula is C14H20FN3O. The Bertz CT molecular complexity index is 452. The topological polar surface area (TPSA) is 58.4 Å². The molecule has 1 aromatic rings. The zero-order chi connectivity index (χ0) is 13.8. The van der Waals surface area contributed by atoms with Crippen LogP contribution in [0.2, 0.25) is 0 Å². The minimum atomic E-state index is -0.271. The van der Waals surface area contributed by atoms with Crippen LogP contribution in [0.4, 0.5) is 4.39 Å². The summed E-state index contributed by atoms with van der Waals surface area (Å²) in [6, 6.07) is 6.24. The van der Waals surface area contributed by atoms with Gasteiger partial charge in [-0.15, -0.1) is 0 Å². The Balaban J connectivity index is 2.27. The summed E-state index contributed by atoms with van der Waals surface area (Å²) >= 11 is 0. The van der Waals surface area contributed by atoms with Crippen LogP contribution in [0.25, 0.3) is 0 Å². The third-order valence-corrected chi connectivity index (χ3v) is 3.53. The molecule has 0 bridgehead atoms. The Labute approximate surface area is 112 Å². The Morgan fingerprint density at radius 1 is 1.53 bits per heavy atom. The highest BCUT2D eigenvalue weighted by atomic mass is 19.1. The fourth-order valence-electron chi connectivity index (χ4n) is 2.54. The van der Waals surface area contributed by atoms with Crippen molar-refractivity contribution in [2.24, 2.45) is 5.73 Å². The van der Waals surface area contributed by atoms with Crippen LogP contribution >= 0.6 is 0 Å². The molecular weight excluding hydrogens is 245 g/mol. The van der Waals surface area contributed by atoms with Gasteiger partial charge in [-0.25, -0.2) is 4.39 Å². The second-order valence-corrected chi connectivity index (χ2v) is 4.89. The van der Waals surface area contributed by atoms with E-state index in [4.69, 9.17) is 5.73 Å². The maximum absolute atomic E-state index is 13.4. The van der Waals surface area contributed by atoms with Crippen molar-refractivity contribution in [2.45, 2.75) is 25.4 Å². The summed E-state index contributed by atoms with van der Waals surface area (Å²) in [5.41, 5.74) is 7.02. The van der Waals surface area contributed by atoms with Gasteiger partial charge in [0, 0.05) is 19.1 Å². The molecule has 1 aliphatic heterocycles. The second-order valence-electron chi connectivity index (χ2n) is 4.89. The van der Waals surface area contributed by atoms with Gasteiger partial charge in [0.05, 0.1) is 12.6 Å². The van der Waals surface area contributed by atoms with E-state index in [2.05, 4.69) is 5.32 Å². The first kappa shape index (κ1) is 14.0. The lowest BCUT2D eigenvalue weighted by Gasteiger charge is -2.37. The second kappa shape index (κ2) is 6.12. The summed E-state index contributed by atoms with van der Waals surface area (Å²) in [6.07, 6.45) is 0.777. The molecule has 1 saturated heterocycles. The summed E-state index contributed by atoms with van der Waals surface area (Å²) in [5.74, 6) is -0.275. The molecule has 1 aromatic carbocycles. The quantitative estimate of drug-likeness (QED) is 0.855. The van der Waals surface area contributed by atoms with Gasteiger partial charge in [0.25, 0.3) is 0 Å². The molecule has 2 rings (SSSR count). The van der Waals surface area contributed by atoms with E-state index in [1.54, 1.807) is 6.07 Å². The number of halogens is 1. The molecule has 1 heterocycles. The van der Waals surface area contributed by atoms with Gasteiger partial charge < -0.3 is 11.1 Å². The summed E-state index contributed by atoms with van der Waals surface area (Å²) in [7, 11) is 0. The Kier molecular flexibility index (Phi) is 4.50. The van der Waals surface area contributed by atoms with E-state index < -0.39 is 0 Å². The van der Waals surface area contributed by atoms with Crippen molar-refractivity contribution in [2.75, 3.05) is 19.6 Å². The molecule has 2 atom stereocenters. The van der Waals surface area contributed by atoms with Gasteiger partial charge in [-0.3, -0.25) is 9.69 Å². The van der Waals surface area contributed by atoms with Crippen LogP contribution in [0.1, 0.15) is 24.9 Å². The lowest BCUT2D eigenvalue weighted by atomic mass is 9.95. The number of rotatable bonds is 4. The van der Waals surface area contributed by atoms with Crippen molar-refractivity contribution in [1.29, 1.82) is 0 Å². The molecule has 0 radical (unpaired) electrons. The average molecular weight is 265 g/mol. The van der Waals surface area contributed by atoms with E-state index in [-0.39, 0.29) is 23.8 Å². The maximum Gasteiger partial charge on any atom is 0.234 e. The molecule has 1 aliphatic rings. The molecule has 0 spiro atoms. The van der Waals surface area contributed by atoms with Crippen molar-refractivity contribution in [1.82, 2.24) is 10.2 Å². The smallest absolute Gasteiger partial charge is 0.234 e. The normalized spacial score (nSPS) is 19.8. The molecule has 104 valence electrons. The number of carbonyl (C=O) groups excluding carboxylic acids is 1. The van der Waals surface area contributed by atoms with Gasteiger partial charge >= 0.3 is 0 Å². The highest BCUT2D eigenvalue weighted by Gasteiger charge is 2.29. The largest absolute Gasteiger partial charge is 0.354 e. The van der Waals surface area contributed by atoms with Crippen LogP contribution in [0.15, 0.2) is 24.3 Å². The van der Waals surface area contributed by atoms with Gasteiger partial charge in [0.15, 0.2) is 0 Å². The third kappa shape index (κ3) is 3.30. The highest BCUT2D eigenvalue weighted by molar-refractivity contribution is 5.78. The van der Waals surface area contributed by atoms with Crippen molar-refractivity contribution < 1.29 is 9.18 Å². The number of nitrogens with zero attached hydrogens (tertiary/aromatic N) is 1. The fourth-order valence-corrected chi connectivity index (χ4v) is 2.54. The summed E-state index contributed by atoms with van der Waals surface area (Å²) in [6.45, 7) is 3.66. The maximum atomic E-state index is 13.4. The Morgan fingerprint density at radius 3 is 2.95 bits per heavy atom. The van der Waals surface area contributed by atoms with E-state index in [0.717, 1.165) is 18.5 Å². The number of piperazine rings is 1. The first-order valence-corrected chi connectivity index (χ1v) is 6.63. The standard InChI is InChI=1S/C14H20FN3O/c1-2-12(16)14(10-4-3-5-11(15)8-10)18-7-6-17-13(19)9-18/h3-5,8,12,14H,2,6-7,9,16H2,1H3,(H,17,19). The first-order chi connectivity index (χ1) is 9.11. The minimum Gasteiger partial charge on any atom is -0.354 e. The molecule has 19 heavy (non-hydrogen) atoms. The van der Waals surface area contributed by atoms with E-state index in [1.165, 1.54) is 12.1 Å². The van der Waals surface area contributed by atoms with E-state index in [0.29, 0.717) is 13.1 Å². The highest BCUT2D eigenvalue weighted by Crippen LogP contribution is 2.26. The van der Waals surface area contributed by atoms with Crippen LogP contribution in [0.5, 0.6) is 0 Å². The molecule has 5 heteroatoms. The van der Waals surface area contributed by atoms with Crippen LogP contribution in [0, 0.1) is 5.82 Å². The summed E-state index contributed by atoms with van der Waals surface area (Å²) in [5, 5.41) is 2.79. The van der Waals surface area contributed by atoms with Gasteiger partial charge in [-0.05, 0) is 24.1 Å². The van der Waals surface area contributed by atoms with Crippen LogP contribution in [0.3, 0.4) is 0 Å². The Morgan fingerprint density at radius 2 is 2.32 bits per heavy atom. The van der Waals surface area contributed by atoms with Gasteiger partial charge in [0.1, 0.15) is 5.82 Å². The zero-order valence-corrected chi connectivity index (χ0v) is 11.1. The zero-order valence-electron chi connectivity index (χ0n) is 11.1. The molecule has 0 saturated carbocycles. The lowest BCUT2D eigenvalue weighted by molar-refractivity contribution is -0.125. The molecule has 0 aromatic heterocycles. The van der Waals surface area contributed by atoms with Crippen LogP contribution in [-0.2, 0) is 4.79 Å². The lowest BCUT2D eigenvalue weighted by Crippen LogP contribution is -2.52. The third-order valence-electron chi connectivity index (χ3n) is 3.53. The molecule has 0 aliphatic carbocycles. The predicted octanol–water partition coefficient (Wildman–Crippen LogP) is 1.04. The number of hydrogen-bond donors (Lipinski definition) is 2. The number of nitrogens with one attached hydrogen (secondary N) is 1. The predicted molar refractivity (Wildman–Crippen MR) is 72.0 cm³/mol. The van der Waals surface area contributed by atoms with E-state index >= 15 is 0 Å². The molecule has 4 nitrogen and oxygen atoms in total. The molecule has 3 N–H and O–H groups in total.